The first-order chi connectivity index (χ1) is 14.2. The number of carbonyl (C=O) groups is 1. The highest BCUT2D eigenvalue weighted by Gasteiger charge is 2.26. The monoisotopic (exact) mass is 391 g/mol. The minimum absolute atomic E-state index is 0.0365. The molecule has 0 spiro atoms. The van der Waals surface area contributed by atoms with Crippen LogP contribution in [0.2, 0.25) is 0 Å². The summed E-state index contributed by atoms with van der Waals surface area (Å²) in [4.78, 5) is 32.8. The highest BCUT2D eigenvalue weighted by Crippen LogP contribution is 2.20. The molecule has 1 amide bonds. The van der Waals surface area contributed by atoms with E-state index in [1.165, 1.54) is 0 Å². The highest BCUT2D eigenvalue weighted by atomic mass is 16.2. The van der Waals surface area contributed by atoms with E-state index in [-0.39, 0.29) is 11.9 Å². The van der Waals surface area contributed by atoms with E-state index in [1.54, 1.807) is 18.6 Å². The topological polar surface area (TPSA) is 90.0 Å². The van der Waals surface area contributed by atoms with Crippen LogP contribution in [0.1, 0.15) is 12.0 Å². The molecule has 0 bridgehead atoms. The standard InChI is InChI=1S/C21H25N7O/c1-27(13-16-4-9-22-10-5-16)15-20(29)25-17-7-12-28(14-17)21-24-11-6-19(26-21)18-3-2-8-23-18/h2-6,8-11,17,23H,7,12-15H2,1H3,(H,25,29). The molecule has 1 atom stereocenters. The summed E-state index contributed by atoms with van der Waals surface area (Å²) in [5, 5.41) is 3.14. The number of aromatic amines is 1. The second kappa shape index (κ2) is 8.83. The van der Waals surface area contributed by atoms with Gasteiger partial charge >= 0.3 is 0 Å². The molecular formula is C21H25N7O. The molecule has 3 aromatic heterocycles. The van der Waals surface area contributed by atoms with Crippen LogP contribution in [0.5, 0.6) is 0 Å². The number of H-pyrrole nitrogens is 1. The number of amides is 1. The van der Waals surface area contributed by atoms with Crippen LogP contribution in [-0.2, 0) is 11.3 Å². The first-order valence-corrected chi connectivity index (χ1v) is 9.76. The number of carbonyl (C=O) groups excluding carboxylic acids is 1. The quantitative estimate of drug-likeness (QED) is 0.637. The van der Waals surface area contributed by atoms with Crippen molar-refractivity contribution >= 4 is 11.9 Å². The summed E-state index contributed by atoms with van der Waals surface area (Å²) in [6, 6.07) is 9.86. The minimum atomic E-state index is 0.0365. The Hall–Kier alpha value is -3.26. The number of likely N-dealkylation sites (N-methyl/N-ethyl adjacent to an activating group) is 1. The first-order valence-electron chi connectivity index (χ1n) is 9.76. The molecule has 29 heavy (non-hydrogen) atoms. The molecule has 150 valence electrons. The van der Waals surface area contributed by atoms with Crippen LogP contribution in [-0.4, -0.2) is 63.5 Å². The van der Waals surface area contributed by atoms with E-state index in [2.05, 4.69) is 30.2 Å². The van der Waals surface area contributed by atoms with Gasteiger partial charge in [-0.05, 0) is 49.4 Å². The second-order valence-corrected chi connectivity index (χ2v) is 7.35. The van der Waals surface area contributed by atoms with Crippen LogP contribution in [0.15, 0.2) is 55.1 Å². The average molecular weight is 391 g/mol. The maximum Gasteiger partial charge on any atom is 0.234 e. The van der Waals surface area contributed by atoms with E-state index >= 15 is 0 Å². The fourth-order valence-electron chi connectivity index (χ4n) is 3.57. The number of anilines is 1. The number of nitrogens with zero attached hydrogens (tertiary/aromatic N) is 5. The molecule has 1 aliphatic rings. The number of rotatable bonds is 7. The van der Waals surface area contributed by atoms with E-state index < -0.39 is 0 Å². The van der Waals surface area contributed by atoms with Gasteiger partial charge in [-0.2, -0.15) is 0 Å². The number of nitrogens with one attached hydrogen (secondary N) is 2. The molecule has 0 aliphatic carbocycles. The third-order valence-corrected chi connectivity index (χ3v) is 4.97. The van der Waals surface area contributed by atoms with Gasteiger partial charge < -0.3 is 15.2 Å². The Morgan fingerprint density at radius 3 is 2.93 bits per heavy atom. The molecule has 0 aromatic carbocycles. The Morgan fingerprint density at radius 1 is 1.28 bits per heavy atom. The average Bonchev–Trinajstić information content (AvgIpc) is 3.41. The predicted molar refractivity (Wildman–Crippen MR) is 111 cm³/mol. The maximum atomic E-state index is 12.4. The van der Waals surface area contributed by atoms with Crippen molar-refractivity contribution in [2.24, 2.45) is 0 Å². The summed E-state index contributed by atoms with van der Waals surface area (Å²) < 4.78 is 0. The van der Waals surface area contributed by atoms with Gasteiger partial charge in [-0.1, -0.05) is 0 Å². The van der Waals surface area contributed by atoms with E-state index in [0.29, 0.717) is 25.6 Å². The molecule has 8 heteroatoms. The van der Waals surface area contributed by atoms with Crippen molar-refractivity contribution < 1.29 is 4.79 Å². The molecule has 0 radical (unpaired) electrons. The van der Waals surface area contributed by atoms with Gasteiger partial charge in [0.2, 0.25) is 11.9 Å². The van der Waals surface area contributed by atoms with Gasteiger partial charge in [0.1, 0.15) is 0 Å². The van der Waals surface area contributed by atoms with Crippen LogP contribution in [0.3, 0.4) is 0 Å². The van der Waals surface area contributed by atoms with E-state index in [0.717, 1.165) is 29.9 Å². The number of pyridine rings is 1. The van der Waals surface area contributed by atoms with Crippen molar-refractivity contribution in [2.45, 2.75) is 19.0 Å². The zero-order valence-electron chi connectivity index (χ0n) is 16.5. The number of hydrogen-bond acceptors (Lipinski definition) is 6. The SMILES string of the molecule is CN(CC(=O)NC1CCN(c2nccc(-c3ccc[nH]3)n2)C1)Cc1ccncc1. The lowest BCUT2D eigenvalue weighted by Crippen LogP contribution is -2.42. The lowest BCUT2D eigenvalue weighted by Gasteiger charge is -2.19. The zero-order chi connectivity index (χ0) is 20.1. The van der Waals surface area contributed by atoms with Crippen LogP contribution in [0, 0.1) is 0 Å². The minimum Gasteiger partial charge on any atom is -0.360 e. The lowest BCUT2D eigenvalue weighted by atomic mass is 10.2. The Labute approximate surface area is 170 Å². The lowest BCUT2D eigenvalue weighted by molar-refractivity contribution is -0.122. The van der Waals surface area contributed by atoms with Gasteiger partial charge in [-0.15, -0.1) is 0 Å². The van der Waals surface area contributed by atoms with E-state index in [9.17, 15) is 4.79 Å². The third kappa shape index (κ3) is 4.97. The molecule has 8 nitrogen and oxygen atoms in total. The second-order valence-electron chi connectivity index (χ2n) is 7.35. The molecular weight excluding hydrogens is 366 g/mol. The molecule has 1 fully saturated rings. The van der Waals surface area contributed by atoms with Gasteiger partial charge in [0.05, 0.1) is 17.9 Å². The summed E-state index contributed by atoms with van der Waals surface area (Å²) >= 11 is 0. The highest BCUT2D eigenvalue weighted by molar-refractivity contribution is 5.78. The summed E-state index contributed by atoms with van der Waals surface area (Å²) in [5.41, 5.74) is 2.97. The van der Waals surface area contributed by atoms with E-state index in [1.807, 2.05) is 48.5 Å². The van der Waals surface area contributed by atoms with Gasteiger partial charge in [0.25, 0.3) is 0 Å². The summed E-state index contributed by atoms with van der Waals surface area (Å²) in [6.07, 6.45) is 8.07. The first kappa shape index (κ1) is 19.1. The Balaban J connectivity index is 1.29. The van der Waals surface area contributed by atoms with Crippen molar-refractivity contribution in [3.63, 3.8) is 0 Å². The summed E-state index contributed by atoms with van der Waals surface area (Å²) in [6.45, 7) is 2.61. The van der Waals surface area contributed by atoms with Crippen LogP contribution in [0.4, 0.5) is 5.95 Å². The summed E-state index contributed by atoms with van der Waals surface area (Å²) in [5.74, 6) is 0.734. The van der Waals surface area contributed by atoms with Gasteiger partial charge in [0, 0.05) is 50.5 Å². The largest absolute Gasteiger partial charge is 0.360 e. The van der Waals surface area contributed by atoms with Gasteiger partial charge in [-0.3, -0.25) is 14.7 Å². The molecule has 0 saturated carbocycles. The maximum absolute atomic E-state index is 12.4. The zero-order valence-corrected chi connectivity index (χ0v) is 16.5. The number of aromatic nitrogens is 4. The van der Waals surface area contributed by atoms with Crippen molar-refractivity contribution in [1.82, 2.24) is 30.2 Å². The van der Waals surface area contributed by atoms with E-state index in [4.69, 9.17) is 0 Å². The van der Waals surface area contributed by atoms with Crippen molar-refractivity contribution in [2.75, 3.05) is 31.6 Å². The molecule has 2 N–H and O–H groups in total. The Bertz CT molecular complexity index is 929. The van der Waals surface area contributed by atoms with Gasteiger partial charge in [0.15, 0.2) is 0 Å². The van der Waals surface area contributed by atoms with Crippen molar-refractivity contribution in [3.05, 3.63) is 60.7 Å². The van der Waals surface area contributed by atoms with Crippen LogP contribution >= 0.6 is 0 Å². The van der Waals surface area contributed by atoms with Crippen LogP contribution in [0.25, 0.3) is 11.4 Å². The summed E-state index contributed by atoms with van der Waals surface area (Å²) in [7, 11) is 1.95. The molecule has 4 rings (SSSR count). The fourth-order valence-corrected chi connectivity index (χ4v) is 3.57. The smallest absolute Gasteiger partial charge is 0.234 e. The molecule has 3 aromatic rings. The van der Waals surface area contributed by atoms with Crippen LogP contribution < -0.4 is 10.2 Å². The Kier molecular flexibility index (Phi) is 5.81. The molecule has 1 aliphatic heterocycles. The van der Waals surface area contributed by atoms with Crippen molar-refractivity contribution in [1.29, 1.82) is 0 Å². The van der Waals surface area contributed by atoms with Gasteiger partial charge in [-0.25, -0.2) is 9.97 Å². The molecule has 4 heterocycles. The third-order valence-electron chi connectivity index (χ3n) is 4.97. The Morgan fingerprint density at radius 2 is 2.14 bits per heavy atom. The molecule has 1 saturated heterocycles. The number of hydrogen-bond donors (Lipinski definition) is 2. The normalized spacial score (nSPS) is 16.3. The van der Waals surface area contributed by atoms with Crippen molar-refractivity contribution in [3.8, 4) is 11.4 Å². The fraction of sp³-hybridized carbons (Fsp3) is 0.333. The predicted octanol–water partition coefficient (Wildman–Crippen LogP) is 1.69. The molecule has 1 unspecified atom stereocenters.